The fourth-order valence-electron chi connectivity index (χ4n) is 3.23. The third-order valence-corrected chi connectivity index (χ3v) is 9.14. The predicted octanol–water partition coefficient (Wildman–Crippen LogP) is 5.22. The first-order valence-electron chi connectivity index (χ1n) is 9.74. The Morgan fingerprint density at radius 1 is 1.15 bits per heavy atom. The van der Waals surface area contributed by atoms with E-state index >= 15 is 0 Å². The number of ether oxygens (including phenoxy) is 1. The van der Waals surface area contributed by atoms with Crippen LogP contribution in [0.25, 0.3) is 0 Å². The van der Waals surface area contributed by atoms with Crippen molar-refractivity contribution in [2.45, 2.75) is 41.5 Å². The van der Waals surface area contributed by atoms with Crippen LogP contribution in [0.1, 0.15) is 30.4 Å². The molecule has 0 saturated carbocycles. The molecule has 1 N–H and O–H groups in total. The van der Waals surface area contributed by atoms with Gasteiger partial charge in [-0.1, -0.05) is 23.4 Å². The monoisotopic (exact) mass is 531 g/mol. The van der Waals surface area contributed by atoms with E-state index in [1.807, 2.05) is 12.2 Å². The Bertz CT molecular complexity index is 1280. The molecule has 0 aromatic heterocycles. The molecule has 0 aliphatic carbocycles. The van der Waals surface area contributed by atoms with Gasteiger partial charge < -0.3 is 4.74 Å². The van der Waals surface area contributed by atoms with Crippen molar-refractivity contribution in [1.29, 1.82) is 0 Å². The molecule has 1 saturated heterocycles. The molecule has 0 spiro atoms. The van der Waals surface area contributed by atoms with Crippen LogP contribution in [-0.4, -0.2) is 30.0 Å². The molecule has 34 heavy (non-hydrogen) atoms. The minimum Gasteiger partial charge on any atom is -0.406 e. The van der Waals surface area contributed by atoms with Crippen LogP contribution in [0.3, 0.4) is 0 Å². The van der Waals surface area contributed by atoms with E-state index in [2.05, 4.69) is 16.6 Å². The Hall–Kier alpha value is -2.68. The van der Waals surface area contributed by atoms with E-state index in [0.717, 1.165) is 35.4 Å². The molecule has 2 amide bonds. The fraction of sp³-hybridized carbons (Fsp3) is 0.273. The maximum absolute atomic E-state index is 13.3. The molecule has 1 heterocycles. The largest absolute Gasteiger partial charge is 0.573 e. The van der Waals surface area contributed by atoms with Gasteiger partial charge in [0.1, 0.15) is 5.75 Å². The van der Waals surface area contributed by atoms with E-state index < -0.39 is 42.1 Å². The molecule has 6 nitrogen and oxygen atoms in total. The van der Waals surface area contributed by atoms with Crippen molar-refractivity contribution >= 4 is 44.3 Å². The molecule has 1 atom stereocenters. The van der Waals surface area contributed by atoms with E-state index in [1.54, 1.807) is 18.2 Å². The van der Waals surface area contributed by atoms with Crippen molar-refractivity contribution < 1.29 is 35.9 Å². The summed E-state index contributed by atoms with van der Waals surface area (Å²) in [6, 6.07) is 8.65. The maximum Gasteiger partial charge on any atom is 0.573 e. The number of nitrogens with one attached hydrogen (secondary N) is 1. The number of thioether (sulfide) groups is 1. The highest BCUT2D eigenvalue weighted by Gasteiger charge is 2.58. The number of amides is 2. The van der Waals surface area contributed by atoms with Crippen LogP contribution in [0.4, 0.5) is 18.0 Å². The summed E-state index contributed by atoms with van der Waals surface area (Å²) >= 11 is 6.25. The molecule has 1 unspecified atom stereocenters. The number of rotatable bonds is 6. The lowest BCUT2D eigenvalue weighted by Gasteiger charge is -2.24. The lowest BCUT2D eigenvalue weighted by Crippen LogP contribution is -2.43. The van der Waals surface area contributed by atoms with E-state index in [9.17, 15) is 31.2 Å². The number of carbonyl (C=O) groups is 2. The van der Waals surface area contributed by atoms with Gasteiger partial charge in [0.05, 0.1) is 4.90 Å². The van der Waals surface area contributed by atoms with Crippen molar-refractivity contribution in [3.05, 3.63) is 58.6 Å². The van der Waals surface area contributed by atoms with Crippen LogP contribution in [0, 0.1) is 18.8 Å². The molecule has 12 heteroatoms. The van der Waals surface area contributed by atoms with Gasteiger partial charge in [0.15, 0.2) is 0 Å². The number of alkyl halides is 3. The van der Waals surface area contributed by atoms with Gasteiger partial charge in [0.2, 0.25) is 13.9 Å². The minimum absolute atomic E-state index is 0.168. The topological polar surface area (TPSA) is 89.5 Å². The average molecular weight is 532 g/mol. The number of hydrogen-bond donors (Lipinski definition) is 1. The lowest BCUT2D eigenvalue weighted by molar-refractivity contribution is -0.274. The SMILES string of the molecule is Cc1cc(Cl)ccc1C#CCCCC1(S(=O)(=O)c2ccc(OC(F)(F)F)cc2)SC(=O)NC1=O. The highest BCUT2D eigenvalue weighted by atomic mass is 35.5. The quantitative estimate of drug-likeness (QED) is 0.406. The summed E-state index contributed by atoms with van der Waals surface area (Å²) in [4.78, 5) is 24.1. The number of imide groups is 1. The van der Waals surface area contributed by atoms with Gasteiger partial charge in [-0.25, -0.2) is 8.42 Å². The minimum atomic E-state index is -4.94. The van der Waals surface area contributed by atoms with Gasteiger partial charge in [-0.2, -0.15) is 0 Å². The van der Waals surface area contributed by atoms with Crippen molar-refractivity contribution in [1.82, 2.24) is 5.32 Å². The lowest BCUT2D eigenvalue weighted by atomic mass is 10.1. The van der Waals surface area contributed by atoms with Crippen molar-refractivity contribution in [2.24, 2.45) is 0 Å². The average Bonchev–Trinajstić information content (AvgIpc) is 3.03. The van der Waals surface area contributed by atoms with E-state index in [1.165, 1.54) is 0 Å². The molecule has 2 aromatic carbocycles. The van der Waals surface area contributed by atoms with Crippen LogP contribution in [-0.2, 0) is 14.6 Å². The molecular formula is C22H17ClF3NO5S2. The zero-order chi connectivity index (χ0) is 25.1. The molecule has 180 valence electrons. The van der Waals surface area contributed by atoms with Crippen molar-refractivity contribution in [2.75, 3.05) is 0 Å². The predicted molar refractivity (Wildman–Crippen MR) is 121 cm³/mol. The molecule has 2 aromatic rings. The maximum atomic E-state index is 13.3. The molecule has 0 bridgehead atoms. The number of unbranched alkanes of at least 4 members (excludes halogenated alkanes) is 1. The van der Waals surface area contributed by atoms with Gasteiger partial charge >= 0.3 is 6.36 Å². The Labute approximate surface area is 203 Å². The number of hydrogen-bond acceptors (Lipinski definition) is 6. The number of sulfone groups is 1. The Balaban J connectivity index is 1.80. The second-order valence-corrected chi connectivity index (χ2v) is 11.4. The first-order valence-corrected chi connectivity index (χ1v) is 12.4. The molecule has 3 rings (SSSR count). The third kappa shape index (κ3) is 5.68. The fourth-order valence-corrected chi connectivity index (χ4v) is 6.83. The van der Waals surface area contributed by atoms with Gasteiger partial charge in [-0.3, -0.25) is 14.9 Å². The van der Waals surface area contributed by atoms with Crippen molar-refractivity contribution in [3.63, 3.8) is 0 Å². The normalized spacial score (nSPS) is 18.3. The van der Waals surface area contributed by atoms with Gasteiger partial charge in [0.25, 0.3) is 11.1 Å². The summed E-state index contributed by atoms with van der Waals surface area (Å²) in [7, 11) is -4.46. The van der Waals surface area contributed by atoms with Crippen LogP contribution in [0.2, 0.25) is 5.02 Å². The summed E-state index contributed by atoms with van der Waals surface area (Å²) in [6.45, 7) is 1.84. The second-order valence-electron chi connectivity index (χ2n) is 7.23. The van der Waals surface area contributed by atoms with Crippen LogP contribution in [0.15, 0.2) is 47.4 Å². The van der Waals surface area contributed by atoms with E-state index in [0.29, 0.717) is 16.8 Å². The first kappa shape index (κ1) is 25.9. The van der Waals surface area contributed by atoms with Crippen molar-refractivity contribution in [3.8, 4) is 17.6 Å². The molecular weight excluding hydrogens is 515 g/mol. The Morgan fingerprint density at radius 2 is 1.82 bits per heavy atom. The highest BCUT2D eigenvalue weighted by molar-refractivity contribution is 8.25. The van der Waals surface area contributed by atoms with Crippen LogP contribution >= 0.6 is 23.4 Å². The number of carbonyl (C=O) groups excluding carboxylic acids is 2. The molecule has 1 aliphatic heterocycles. The third-order valence-electron chi connectivity index (χ3n) is 4.84. The Morgan fingerprint density at radius 3 is 2.38 bits per heavy atom. The van der Waals surface area contributed by atoms with Gasteiger partial charge in [0, 0.05) is 17.0 Å². The van der Waals surface area contributed by atoms with Crippen LogP contribution < -0.4 is 10.1 Å². The zero-order valence-electron chi connectivity index (χ0n) is 17.5. The summed E-state index contributed by atoms with van der Waals surface area (Å²) < 4.78 is 65.4. The number of aryl methyl sites for hydroxylation is 1. The second kappa shape index (κ2) is 9.90. The number of halogens is 4. The summed E-state index contributed by atoms with van der Waals surface area (Å²) in [5.74, 6) is 4.25. The van der Waals surface area contributed by atoms with Gasteiger partial charge in [-0.05, 0) is 79.6 Å². The first-order chi connectivity index (χ1) is 15.8. The van der Waals surface area contributed by atoms with Crippen LogP contribution in [0.5, 0.6) is 5.75 Å². The number of benzene rings is 2. The standard InChI is InChI=1S/C22H17ClF3NO5S2/c1-14-13-16(23)7-6-15(14)5-3-2-4-12-21(19(28)27-20(29)33-21)34(30,31)18-10-8-17(9-11-18)32-22(24,25)26/h6-11,13H,2,4,12H2,1H3,(H,27,28,29). The van der Waals surface area contributed by atoms with E-state index in [4.69, 9.17) is 11.6 Å². The van der Waals surface area contributed by atoms with Gasteiger partial charge in [-0.15, -0.1) is 13.2 Å². The smallest absolute Gasteiger partial charge is 0.406 e. The summed E-state index contributed by atoms with van der Waals surface area (Å²) in [5.41, 5.74) is 1.62. The Kier molecular flexibility index (Phi) is 7.55. The molecule has 1 aliphatic rings. The summed E-state index contributed by atoms with van der Waals surface area (Å²) in [5, 5.41) is 1.74. The molecule has 0 radical (unpaired) electrons. The summed E-state index contributed by atoms with van der Waals surface area (Å²) in [6.07, 6.45) is -4.77. The van der Waals surface area contributed by atoms with E-state index in [-0.39, 0.29) is 19.3 Å². The highest BCUT2D eigenvalue weighted by Crippen LogP contribution is 2.44. The zero-order valence-corrected chi connectivity index (χ0v) is 19.9. The molecule has 1 fully saturated rings.